The second-order valence-electron chi connectivity index (χ2n) is 2.77. The molecular weight excluding hydrogens is 248 g/mol. The minimum atomic E-state index is 0.168. The Labute approximate surface area is 100 Å². The van der Waals surface area contributed by atoms with Crippen LogP contribution in [0.2, 0.25) is 5.28 Å². The fraction of sp³-hybridized carbons (Fsp3) is 0. The van der Waals surface area contributed by atoms with Crippen LogP contribution in [0.15, 0.2) is 28.5 Å². The summed E-state index contributed by atoms with van der Waals surface area (Å²) in [5.74, 6) is 0.630. The van der Waals surface area contributed by atoms with Crippen LogP contribution in [-0.4, -0.2) is 19.9 Å². The lowest BCUT2D eigenvalue weighted by Crippen LogP contribution is -1.99. The average Bonchev–Trinajstić information content (AvgIpc) is 2.15. The first-order chi connectivity index (χ1) is 7.63. The first-order valence-corrected chi connectivity index (χ1v) is 5.39. The maximum absolute atomic E-state index is 5.65. The van der Waals surface area contributed by atoms with Gasteiger partial charge in [-0.05, 0) is 29.4 Å². The van der Waals surface area contributed by atoms with E-state index in [-0.39, 0.29) is 5.28 Å². The second kappa shape index (κ2) is 4.50. The van der Waals surface area contributed by atoms with Crippen LogP contribution in [0.4, 0.5) is 11.6 Å². The molecule has 0 aliphatic heterocycles. The molecule has 2 heterocycles. The van der Waals surface area contributed by atoms with Gasteiger partial charge in [-0.1, -0.05) is 0 Å². The molecule has 0 unspecified atom stereocenters. The van der Waals surface area contributed by atoms with Crippen LogP contribution < -0.4 is 11.5 Å². The first-order valence-electron chi connectivity index (χ1n) is 4.20. The van der Waals surface area contributed by atoms with Crippen LogP contribution in [0.3, 0.4) is 0 Å². The predicted octanol–water partition coefficient (Wildman–Crippen LogP) is 1.24. The summed E-state index contributed by atoms with van der Waals surface area (Å²) in [6.45, 7) is 0. The Bertz CT molecular complexity index is 499. The highest BCUT2D eigenvalue weighted by Gasteiger charge is 2.05. The number of nitrogens with two attached hydrogens (primary N) is 2. The van der Waals surface area contributed by atoms with Gasteiger partial charge in [0.2, 0.25) is 5.28 Å². The molecule has 2 rings (SSSR count). The van der Waals surface area contributed by atoms with Crippen LogP contribution >= 0.6 is 23.4 Å². The predicted molar refractivity (Wildman–Crippen MR) is 62.0 cm³/mol. The topological polar surface area (TPSA) is 104 Å². The Morgan fingerprint density at radius 3 is 2.44 bits per heavy atom. The van der Waals surface area contributed by atoms with E-state index in [0.717, 1.165) is 0 Å². The summed E-state index contributed by atoms with van der Waals surface area (Å²) in [5.41, 5.74) is 11.1. The minimum absolute atomic E-state index is 0.168. The van der Waals surface area contributed by atoms with Gasteiger partial charge in [-0.3, -0.25) is 0 Å². The molecule has 82 valence electrons. The van der Waals surface area contributed by atoms with Crippen molar-refractivity contribution in [1.29, 1.82) is 0 Å². The average molecular weight is 255 g/mol. The molecule has 0 radical (unpaired) electrons. The van der Waals surface area contributed by atoms with Gasteiger partial charge in [-0.15, -0.1) is 0 Å². The molecule has 16 heavy (non-hydrogen) atoms. The minimum Gasteiger partial charge on any atom is -0.383 e. The highest BCUT2D eigenvalue weighted by Crippen LogP contribution is 2.24. The molecule has 0 aliphatic carbocycles. The molecule has 6 nitrogen and oxygen atoms in total. The van der Waals surface area contributed by atoms with Crippen LogP contribution in [0.1, 0.15) is 0 Å². The fourth-order valence-corrected chi connectivity index (χ4v) is 1.93. The van der Waals surface area contributed by atoms with Gasteiger partial charge in [0, 0.05) is 12.3 Å². The summed E-state index contributed by atoms with van der Waals surface area (Å²) in [4.78, 5) is 15.8. The number of hydrogen-bond donors (Lipinski definition) is 2. The third-order valence-electron chi connectivity index (χ3n) is 1.54. The third kappa shape index (κ3) is 2.71. The lowest BCUT2D eigenvalue weighted by atomic mass is 10.5. The van der Waals surface area contributed by atoms with Crippen LogP contribution in [0.25, 0.3) is 0 Å². The molecule has 2 aromatic heterocycles. The van der Waals surface area contributed by atoms with Crippen molar-refractivity contribution in [1.82, 2.24) is 19.9 Å². The van der Waals surface area contributed by atoms with Gasteiger partial charge in [0.05, 0.1) is 0 Å². The van der Waals surface area contributed by atoms with Gasteiger partial charge in [-0.25, -0.2) is 19.9 Å². The maximum atomic E-state index is 5.65. The quantitative estimate of drug-likeness (QED) is 0.614. The zero-order valence-electron chi connectivity index (χ0n) is 7.96. The van der Waals surface area contributed by atoms with Gasteiger partial charge in [0.1, 0.15) is 16.7 Å². The summed E-state index contributed by atoms with van der Waals surface area (Å²) in [5, 5.41) is 1.22. The molecule has 0 spiro atoms. The molecule has 0 fully saturated rings. The SMILES string of the molecule is Nc1cc(N)nc(Sc2ccnc(Cl)n2)n1. The standard InChI is InChI=1S/C8H7ClN6S/c9-7-12-2-1-6(15-7)16-8-13-4(10)3-5(11)14-8/h1-3H,(H4,10,11,13,14). The number of hydrogen-bond acceptors (Lipinski definition) is 7. The number of aromatic nitrogens is 4. The van der Waals surface area contributed by atoms with Crippen molar-refractivity contribution >= 4 is 35.0 Å². The Kier molecular flexibility index (Phi) is 3.07. The van der Waals surface area contributed by atoms with Crippen molar-refractivity contribution in [2.75, 3.05) is 11.5 Å². The lowest BCUT2D eigenvalue weighted by Gasteiger charge is -2.01. The van der Waals surface area contributed by atoms with E-state index < -0.39 is 0 Å². The Balaban J connectivity index is 2.27. The molecule has 2 aromatic rings. The van der Waals surface area contributed by atoms with Crippen molar-refractivity contribution in [3.8, 4) is 0 Å². The maximum Gasteiger partial charge on any atom is 0.223 e. The number of nitrogen functional groups attached to an aromatic ring is 2. The van der Waals surface area contributed by atoms with Crippen molar-refractivity contribution < 1.29 is 0 Å². The Morgan fingerprint density at radius 2 is 1.81 bits per heavy atom. The molecule has 8 heteroatoms. The van der Waals surface area contributed by atoms with Crippen LogP contribution in [0.5, 0.6) is 0 Å². The van der Waals surface area contributed by atoms with E-state index in [2.05, 4.69) is 19.9 Å². The van der Waals surface area contributed by atoms with E-state index >= 15 is 0 Å². The summed E-state index contributed by atoms with van der Waals surface area (Å²) < 4.78 is 0. The van der Waals surface area contributed by atoms with Gasteiger partial charge in [0.25, 0.3) is 0 Å². The number of halogens is 1. The van der Waals surface area contributed by atoms with Gasteiger partial charge in [-0.2, -0.15) is 0 Å². The summed E-state index contributed by atoms with van der Waals surface area (Å²) >= 11 is 6.86. The molecule has 0 amide bonds. The molecule has 0 bridgehead atoms. The van der Waals surface area contributed by atoms with Gasteiger partial charge >= 0.3 is 0 Å². The van der Waals surface area contributed by atoms with E-state index in [1.165, 1.54) is 17.8 Å². The molecule has 4 N–H and O–H groups in total. The fourth-order valence-electron chi connectivity index (χ4n) is 0.978. The zero-order valence-corrected chi connectivity index (χ0v) is 9.53. The van der Waals surface area contributed by atoms with Crippen molar-refractivity contribution in [3.63, 3.8) is 0 Å². The van der Waals surface area contributed by atoms with E-state index in [1.54, 1.807) is 12.3 Å². The van der Waals surface area contributed by atoms with Crippen molar-refractivity contribution in [2.45, 2.75) is 10.2 Å². The number of rotatable bonds is 2. The Hall–Kier alpha value is -1.60. The molecule has 0 saturated heterocycles. The molecule has 0 saturated carbocycles. The molecule has 0 atom stereocenters. The highest BCUT2D eigenvalue weighted by atomic mass is 35.5. The summed E-state index contributed by atoms with van der Waals surface area (Å²) in [6.07, 6.45) is 1.55. The van der Waals surface area contributed by atoms with E-state index in [0.29, 0.717) is 21.8 Å². The van der Waals surface area contributed by atoms with Crippen molar-refractivity contribution in [2.24, 2.45) is 0 Å². The van der Waals surface area contributed by atoms with Crippen molar-refractivity contribution in [3.05, 3.63) is 23.6 Å². The first kappa shape index (κ1) is 10.9. The van der Waals surface area contributed by atoms with Crippen LogP contribution in [0, 0.1) is 0 Å². The van der Waals surface area contributed by atoms with Crippen LogP contribution in [-0.2, 0) is 0 Å². The van der Waals surface area contributed by atoms with E-state index in [4.69, 9.17) is 23.1 Å². The van der Waals surface area contributed by atoms with E-state index in [9.17, 15) is 0 Å². The van der Waals surface area contributed by atoms with Gasteiger partial charge in [0.15, 0.2) is 5.16 Å². The van der Waals surface area contributed by atoms with Gasteiger partial charge < -0.3 is 11.5 Å². The highest BCUT2D eigenvalue weighted by molar-refractivity contribution is 7.99. The molecular formula is C8H7ClN6S. The Morgan fingerprint density at radius 1 is 1.12 bits per heavy atom. The summed E-state index contributed by atoms with van der Waals surface area (Å²) in [7, 11) is 0. The third-order valence-corrected chi connectivity index (χ3v) is 2.53. The van der Waals surface area contributed by atoms with E-state index in [1.807, 2.05) is 0 Å². The normalized spacial score (nSPS) is 10.3. The smallest absolute Gasteiger partial charge is 0.223 e. The molecule has 0 aromatic carbocycles. The molecule has 0 aliphatic rings. The number of anilines is 2. The zero-order chi connectivity index (χ0) is 11.5. The second-order valence-corrected chi connectivity index (χ2v) is 4.09. The largest absolute Gasteiger partial charge is 0.383 e. The number of nitrogens with zero attached hydrogens (tertiary/aromatic N) is 4. The lowest BCUT2D eigenvalue weighted by molar-refractivity contribution is 0.970. The monoisotopic (exact) mass is 254 g/mol. The summed E-state index contributed by atoms with van der Waals surface area (Å²) in [6, 6.07) is 3.18.